The van der Waals surface area contributed by atoms with Crippen molar-refractivity contribution in [3.8, 4) is 0 Å². The van der Waals surface area contributed by atoms with E-state index in [1.807, 2.05) is 6.07 Å². The van der Waals surface area contributed by atoms with Crippen molar-refractivity contribution < 1.29 is 0 Å². The molecule has 1 heterocycles. The molecular weight excluding hydrogens is 389 g/mol. The number of H-pyrrole nitrogens is 1. The summed E-state index contributed by atoms with van der Waals surface area (Å²) in [6, 6.07) is 8.60. The van der Waals surface area contributed by atoms with E-state index in [2.05, 4.69) is 57.9 Å². The third-order valence-electron chi connectivity index (χ3n) is 3.22. The summed E-state index contributed by atoms with van der Waals surface area (Å²) in [6.45, 7) is 5.80. The maximum atomic E-state index is 4.21. The lowest BCUT2D eigenvalue weighted by molar-refractivity contribution is 0.779. The Kier molecular flexibility index (Phi) is 7.94. The molecule has 6 heteroatoms. The van der Waals surface area contributed by atoms with Crippen molar-refractivity contribution in [3.05, 3.63) is 52.8 Å². The first kappa shape index (κ1) is 18.5. The molecule has 0 fully saturated rings. The molecule has 0 amide bonds. The van der Waals surface area contributed by atoms with Crippen LogP contribution in [0.25, 0.3) is 0 Å². The number of hydrogen-bond acceptors (Lipinski definition) is 2. The van der Waals surface area contributed by atoms with E-state index >= 15 is 0 Å². The van der Waals surface area contributed by atoms with Gasteiger partial charge in [0.15, 0.2) is 5.96 Å². The van der Waals surface area contributed by atoms with Crippen LogP contribution in [0.15, 0.2) is 35.5 Å². The zero-order valence-electron chi connectivity index (χ0n) is 13.3. The standard InChI is InChI=1S/C16H23N5.HI/c1-12-8-13(2)10-14(9-12)4-6-18-16(17-3)19-11-15-5-7-20-21-15;/h5,7-10H,4,6,11H2,1-3H3,(H,20,21)(H2,17,18,19);1H. The van der Waals surface area contributed by atoms with Gasteiger partial charge in [-0.05, 0) is 31.9 Å². The second kappa shape index (κ2) is 9.45. The first-order valence-corrected chi connectivity index (χ1v) is 7.17. The number of aliphatic imine (C=N–C) groups is 1. The zero-order valence-corrected chi connectivity index (χ0v) is 15.6. The van der Waals surface area contributed by atoms with Gasteiger partial charge in [0.25, 0.3) is 0 Å². The third kappa shape index (κ3) is 6.05. The number of hydrogen-bond donors (Lipinski definition) is 3. The molecule has 0 bridgehead atoms. The van der Waals surface area contributed by atoms with Gasteiger partial charge in [0, 0.05) is 19.8 Å². The normalized spacial score (nSPS) is 11.0. The molecule has 0 saturated heterocycles. The maximum Gasteiger partial charge on any atom is 0.191 e. The van der Waals surface area contributed by atoms with Gasteiger partial charge < -0.3 is 10.6 Å². The summed E-state index contributed by atoms with van der Waals surface area (Å²) in [7, 11) is 1.78. The molecule has 0 spiro atoms. The Bertz CT molecular complexity index is 572. The monoisotopic (exact) mass is 413 g/mol. The molecule has 0 radical (unpaired) electrons. The van der Waals surface area contributed by atoms with Gasteiger partial charge >= 0.3 is 0 Å². The Labute approximate surface area is 149 Å². The smallest absolute Gasteiger partial charge is 0.191 e. The van der Waals surface area contributed by atoms with Crippen LogP contribution >= 0.6 is 24.0 Å². The minimum Gasteiger partial charge on any atom is -0.356 e. The van der Waals surface area contributed by atoms with Crippen molar-refractivity contribution in [3.63, 3.8) is 0 Å². The van der Waals surface area contributed by atoms with Crippen LogP contribution in [-0.4, -0.2) is 29.7 Å². The summed E-state index contributed by atoms with van der Waals surface area (Å²) in [6.07, 6.45) is 2.72. The maximum absolute atomic E-state index is 4.21. The second-order valence-electron chi connectivity index (χ2n) is 5.18. The fourth-order valence-corrected chi connectivity index (χ4v) is 2.32. The van der Waals surface area contributed by atoms with E-state index in [0.29, 0.717) is 6.54 Å². The van der Waals surface area contributed by atoms with Crippen LogP contribution in [0.1, 0.15) is 22.4 Å². The average molecular weight is 413 g/mol. The molecule has 22 heavy (non-hydrogen) atoms. The van der Waals surface area contributed by atoms with Crippen molar-refractivity contribution in [2.45, 2.75) is 26.8 Å². The number of benzene rings is 1. The number of rotatable bonds is 5. The van der Waals surface area contributed by atoms with Gasteiger partial charge in [-0.25, -0.2) is 0 Å². The van der Waals surface area contributed by atoms with E-state index in [0.717, 1.165) is 24.6 Å². The van der Waals surface area contributed by atoms with Crippen molar-refractivity contribution >= 4 is 29.9 Å². The van der Waals surface area contributed by atoms with Crippen molar-refractivity contribution in [1.29, 1.82) is 0 Å². The van der Waals surface area contributed by atoms with Gasteiger partial charge in [-0.1, -0.05) is 29.3 Å². The number of nitrogens with one attached hydrogen (secondary N) is 3. The Morgan fingerprint density at radius 2 is 1.91 bits per heavy atom. The molecule has 3 N–H and O–H groups in total. The van der Waals surface area contributed by atoms with Gasteiger partial charge in [-0.2, -0.15) is 5.10 Å². The Morgan fingerprint density at radius 1 is 1.18 bits per heavy atom. The van der Waals surface area contributed by atoms with Gasteiger partial charge in [0.05, 0.1) is 12.2 Å². The molecule has 0 unspecified atom stereocenters. The van der Waals surface area contributed by atoms with Gasteiger partial charge in [0.2, 0.25) is 0 Å². The molecule has 0 aliphatic heterocycles. The summed E-state index contributed by atoms with van der Waals surface area (Å²) in [4.78, 5) is 4.21. The molecule has 1 aromatic carbocycles. The molecule has 2 rings (SSSR count). The molecule has 5 nitrogen and oxygen atoms in total. The number of guanidine groups is 1. The minimum atomic E-state index is 0. The SMILES string of the molecule is CN=C(NCCc1cc(C)cc(C)c1)NCc1ccn[nH]1.I. The van der Waals surface area contributed by atoms with E-state index in [9.17, 15) is 0 Å². The highest BCUT2D eigenvalue weighted by molar-refractivity contribution is 14.0. The first-order valence-electron chi connectivity index (χ1n) is 7.17. The molecule has 2 aromatic rings. The first-order chi connectivity index (χ1) is 10.2. The van der Waals surface area contributed by atoms with Crippen LogP contribution < -0.4 is 10.6 Å². The van der Waals surface area contributed by atoms with Crippen molar-refractivity contribution in [1.82, 2.24) is 20.8 Å². The molecule has 0 aliphatic carbocycles. The van der Waals surface area contributed by atoms with E-state index in [1.165, 1.54) is 16.7 Å². The lowest BCUT2D eigenvalue weighted by Gasteiger charge is -2.11. The quantitative estimate of drug-likeness (QED) is 0.401. The topological polar surface area (TPSA) is 65.1 Å². The van der Waals surface area contributed by atoms with Gasteiger partial charge in [-0.3, -0.25) is 10.1 Å². The Hall–Kier alpha value is -1.57. The predicted molar refractivity (Wildman–Crippen MR) is 102 cm³/mol. The van der Waals surface area contributed by atoms with Gasteiger partial charge in [-0.15, -0.1) is 24.0 Å². The molecule has 1 aromatic heterocycles. The molecule has 0 saturated carbocycles. The highest BCUT2D eigenvalue weighted by Gasteiger charge is 2.00. The third-order valence-corrected chi connectivity index (χ3v) is 3.22. The highest BCUT2D eigenvalue weighted by atomic mass is 127. The fraction of sp³-hybridized carbons (Fsp3) is 0.375. The fourth-order valence-electron chi connectivity index (χ4n) is 2.32. The van der Waals surface area contributed by atoms with Crippen LogP contribution in [-0.2, 0) is 13.0 Å². The van der Waals surface area contributed by atoms with Crippen molar-refractivity contribution in [2.24, 2.45) is 4.99 Å². The van der Waals surface area contributed by atoms with E-state index < -0.39 is 0 Å². The molecule has 120 valence electrons. The zero-order chi connectivity index (χ0) is 15.1. The predicted octanol–water partition coefficient (Wildman–Crippen LogP) is 2.55. The minimum absolute atomic E-state index is 0. The van der Waals surface area contributed by atoms with Crippen LogP contribution in [0, 0.1) is 13.8 Å². The van der Waals surface area contributed by atoms with E-state index in [4.69, 9.17) is 0 Å². The molecule has 0 aliphatic rings. The summed E-state index contributed by atoms with van der Waals surface area (Å²) < 4.78 is 0. The van der Waals surface area contributed by atoms with Crippen LogP contribution in [0.2, 0.25) is 0 Å². The largest absolute Gasteiger partial charge is 0.356 e. The Balaban J connectivity index is 0.00000242. The second-order valence-corrected chi connectivity index (χ2v) is 5.18. The lowest BCUT2D eigenvalue weighted by Crippen LogP contribution is -2.37. The summed E-state index contributed by atoms with van der Waals surface area (Å²) in [5.41, 5.74) is 5.01. The molecular formula is C16H24IN5. The summed E-state index contributed by atoms with van der Waals surface area (Å²) in [5.74, 6) is 0.800. The van der Waals surface area contributed by atoms with Crippen LogP contribution in [0.4, 0.5) is 0 Å². The Morgan fingerprint density at radius 3 is 2.50 bits per heavy atom. The van der Waals surface area contributed by atoms with E-state index in [1.54, 1.807) is 13.2 Å². The van der Waals surface area contributed by atoms with Gasteiger partial charge in [0.1, 0.15) is 0 Å². The number of halogens is 1. The number of aryl methyl sites for hydroxylation is 2. The number of aromatic nitrogens is 2. The highest BCUT2D eigenvalue weighted by Crippen LogP contribution is 2.08. The average Bonchev–Trinajstić information content (AvgIpc) is 2.94. The van der Waals surface area contributed by atoms with Crippen LogP contribution in [0.3, 0.4) is 0 Å². The lowest BCUT2D eigenvalue weighted by atomic mass is 10.1. The van der Waals surface area contributed by atoms with Crippen molar-refractivity contribution in [2.75, 3.05) is 13.6 Å². The number of nitrogens with zero attached hydrogens (tertiary/aromatic N) is 2. The van der Waals surface area contributed by atoms with E-state index in [-0.39, 0.29) is 24.0 Å². The number of aromatic amines is 1. The van der Waals surface area contributed by atoms with Crippen LogP contribution in [0.5, 0.6) is 0 Å². The molecule has 0 atom stereocenters. The summed E-state index contributed by atoms with van der Waals surface area (Å²) >= 11 is 0. The summed E-state index contributed by atoms with van der Waals surface area (Å²) in [5, 5.41) is 13.4.